The molecule has 0 fully saturated rings. The number of aromatic nitrogens is 3. The average molecular weight is 280 g/mol. The first kappa shape index (κ1) is 13.8. The van der Waals surface area contributed by atoms with Gasteiger partial charge in [-0.05, 0) is 31.0 Å². The van der Waals surface area contributed by atoms with Crippen LogP contribution in [0.3, 0.4) is 0 Å². The van der Waals surface area contributed by atoms with E-state index in [0.29, 0.717) is 17.4 Å². The molecule has 0 aliphatic rings. The Bertz CT molecular complexity index is 564. The molecule has 2 aromatic heterocycles. The molecule has 0 atom stereocenters. The third-order valence-corrected chi connectivity index (χ3v) is 3.35. The van der Waals surface area contributed by atoms with E-state index in [2.05, 4.69) is 35.4 Å². The molecule has 5 nitrogen and oxygen atoms in total. The molecule has 2 aromatic rings. The van der Waals surface area contributed by atoms with Gasteiger partial charge in [-0.1, -0.05) is 25.4 Å². The predicted molar refractivity (Wildman–Crippen MR) is 77.1 cm³/mol. The first-order chi connectivity index (χ1) is 9.17. The summed E-state index contributed by atoms with van der Waals surface area (Å²) in [4.78, 5) is 4.37. The van der Waals surface area contributed by atoms with Crippen LogP contribution in [0.4, 0.5) is 5.82 Å². The largest absolute Gasteiger partial charge is 0.308 e. The summed E-state index contributed by atoms with van der Waals surface area (Å²) in [6.07, 6.45) is 1.85. The van der Waals surface area contributed by atoms with E-state index in [-0.39, 0.29) is 0 Å². The van der Waals surface area contributed by atoms with Crippen molar-refractivity contribution in [1.82, 2.24) is 14.8 Å². The van der Waals surface area contributed by atoms with Gasteiger partial charge in [0, 0.05) is 5.69 Å². The zero-order chi connectivity index (χ0) is 13.8. The molecule has 0 saturated heterocycles. The van der Waals surface area contributed by atoms with E-state index in [9.17, 15) is 0 Å². The van der Waals surface area contributed by atoms with Gasteiger partial charge in [-0.25, -0.2) is 10.8 Å². The second-order valence-electron chi connectivity index (χ2n) is 4.26. The molecule has 0 aliphatic heterocycles. The van der Waals surface area contributed by atoms with Gasteiger partial charge in [0.15, 0.2) is 0 Å². The molecule has 2 rings (SSSR count). The van der Waals surface area contributed by atoms with Gasteiger partial charge >= 0.3 is 0 Å². The van der Waals surface area contributed by atoms with Crippen molar-refractivity contribution in [2.24, 2.45) is 5.84 Å². The fourth-order valence-electron chi connectivity index (χ4n) is 1.93. The number of rotatable bonds is 5. The SMILES string of the molecule is CCc1cc(CC)n(Cc2nc(NN)ccc2Cl)n1. The van der Waals surface area contributed by atoms with Gasteiger partial charge in [-0.15, -0.1) is 0 Å². The van der Waals surface area contributed by atoms with E-state index in [4.69, 9.17) is 17.4 Å². The number of pyridine rings is 1. The lowest BCUT2D eigenvalue weighted by Gasteiger charge is -2.08. The fourth-order valence-corrected chi connectivity index (χ4v) is 2.09. The molecule has 3 N–H and O–H groups in total. The Hall–Kier alpha value is -1.59. The summed E-state index contributed by atoms with van der Waals surface area (Å²) in [5, 5.41) is 5.18. The van der Waals surface area contributed by atoms with Crippen molar-refractivity contribution >= 4 is 17.4 Å². The van der Waals surface area contributed by atoms with Crippen LogP contribution in [0, 0.1) is 0 Å². The van der Waals surface area contributed by atoms with Crippen molar-refractivity contribution in [2.45, 2.75) is 33.2 Å². The summed E-state index contributed by atoms with van der Waals surface area (Å²) in [5.41, 5.74) is 5.55. The van der Waals surface area contributed by atoms with Gasteiger partial charge in [0.05, 0.1) is 23.0 Å². The maximum atomic E-state index is 6.17. The Morgan fingerprint density at radius 2 is 2.11 bits per heavy atom. The highest BCUT2D eigenvalue weighted by Crippen LogP contribution is 2.18. The van der Waals surface area contributed by atoms with Crippen molar-refractivity contribution in [3.63, 3.8) is 0 Å². The van der Waals surface area contributed by atoms with Crippen molar-refractivity contribution in [2.75, 3.05) is 5.43 Å². The topological polar surface area (TPSA) is 68.8 Å². The van der Waals surface area contributed by atoms with Crippen LogP contribution < -0.4 is 11.3 Å². The summed E-state index contributed by atoms with van der Waals surface area (Å²) < 4.78 is 1.95. The van der Waals surface area contributed by atoms with Gasteiger partial charge in [0.25, 0.3) is 0 Å². The molecule has 0 spiro atoms. The molecule has 102 valence electrons. The minimum Gasteiger partial charge on any atom is -0.308 e. The number of halogens is 1. The van der Waals surface area contributed by atoms with E-state index < -0.39 is 0 Å². The number of nitrogen functional groups attached to an aromatic ring is 1. The van der Waals surface area contributed by atoms with Crippen LogP contribution in [0.1, 0.15) is 30.9 Å². The van der Waals surface area contributed by atoms with Gasteiger partial charge in [0.1, 0.15) is 5.82 Å². The lowest BCUT2D eigenvalue weighted by atomic mass is 10.2. The van der Waals surface area contributed by atoms with Crippen molar-refractivity contribution in [1.29, 1.82) is 0 Å². The third kappa shape index (κ3) is 3.05. The van der Waals surface area contributed by atoms with E-state index >= 15 is 0 Å². The molecule has 6 heteroatoms. The number of nitrogens with one attached hydrogen (secondary N) is 1. The van der Waals surface area contributed by atoms with Crippen molar-refractivity contribution < 1.29 is 0 Å². The highest BCUT2D eigenvalue weighted by molar-refractivity contribution is 6.31. The summed E-state index contributed by atoms with van der Waals surface area (Å²) >= 11 is 6.17. The van der Waals surface area contributed by atoms with Crippen LogP contribution in [-0.4, -0.2) is 14.8 Å². The Kier molecular flexibility index (Phi) is 4.39. The number of anilines is 1. The van der Waals surface area contributed by atoms with E-state index in [1.54, 1.807) is 12.1 Å². The molecule has 2 heterocycles. The minimum atomic E-state index is 0.553. The molecule has 0 unspecified atom stereocenters. The van der Waals surface area contributed by atoms with Crippen LogP contribution in [-0.2, 0) is 19.4 Å². The zero-order valence-electron chi connectivity index (χ0n) is 11.2. The van der Waals surface area contributed by atoms with Crippen molar-refractivity contribution in [3.8, 4) is 0 Å². The summed E-state index contributed by atoms with van der Waals surface area (Å²) in [6, 6.07) is 5.65. The monoisotopic (exact) mass is 279 g/mol. The fraction of sp³-hybridized carbons (Fsp3) is 0.385. The summed E-state index contributed by atoms with van der Waals surface area (Å²) in [5.74, 6) is 5.96. The maximum Gasteiger partial charge on any atom is 0.140 e. The molecule has 0 amide bonds. The van der Waals surface area contributed by atoms with Gasteiger partial charge < -0.3 is 5.43 Å². The standard InChI is InChI=1S/C13H18ClN5/c1-3-9-7-10(4-2)19(18-9)8-12-11(14)5-6-13(16-12)17-15/h5-7H,3-4,8,15H2,1-2H3,(H,16,17). The van der Waals surface area contributed by atoms with E-state index in [1.807, 2.05) is 4.68 Å². The number of hydrazine groups is 1. The number of aryl methyl sites for hydroxylation is 2. The lowest BCUT2D eigenvalue weighted by Crippen LogP contribution is -2.12. The number of hydrogen-bond donors (Lipinski definition) is 2. The normalized spacial score (nSPS) is 10.7. The van der Waals surface area contributed by atoms with Crippen LogP contribution in [0.5, 0.6) is 0 Å². The maximum absolute atomic E-state index is 6.17. The Labute approximate surface area is 117 Å². The van der Waals surface area contributed by atoms with E-state index in [0.717, 1.165) is 24.2 Å². The molecule has 19 heavy (non-hydrogen) atoms. The van der Waals surface area contributed by atoms with Crippen LogP contribution in [0.15, 0.2) is 18.2 Å². The highest BCUT2D eigenvalue weighted by atomic mass is 35.5. The second kappa shape index (κ2) is 6.04. The van der Waals surface area contributed by atoms with E-state index in [1.165, 1.54) is 5.69 Å². The van der Waals surface area contributed by atoms with Gasteiger partial charge in [0.2, 0.25) is 0 Å². The molecule has 0 aliphatic carbocycles. The average Bonchev–Trinajstić information content (AvgIpc) is 2.83. The zero-order valence-corrected chi connectivity index (χ0v) is 11.9. The smallest absolute Gasteiger partial charge is 0.140 e. The number of hydrogen-bond acceptors (Lipinski definition) is 4. The Balaban J connectivity index is 2.32. The number of nitrogens with zero attached hydrogens (tertiary/aromatic N) is 3. The molecular weight excluding hydrogens is 262 g/mol. The predicted octanol–water partition coefficient (Wildman–Crippen LogP) is 2.39. The highest BCUT2D eigenvalue weighted by Gasteiger charge is 2.10. The molecule has 0 saturated carbocycles. The molecule has 0 radical (unpaired) electrons. The lowest BCUT2D eigenvalue weighted by molar-refractivity contribution is 0.630. The molecular formula is C13H18ClN5. The molecule has 0 aromatic carbocycles. The second-order valence-corrected chi connectivity index (χ2v) is 4.67. The third-order valence-electron chi connectivity index (χ3n) is 3.00. The summed E-state index contributed by atoms with van der Waals surface area (Å²) in [7, 11) is 0. The molecule has 0 bridgehead atoms. The van der Waals surface area contributed by atoms with Gasteiger partial charge in [-0.2, -0.15) is 5.10 Å². The number of nitrogens with two attached hydrogens (primary N) is 1. The van der Waals surface area contributed by atoms with Crippen LogP contribution >= 0.6 is 11.6 Å². The quantitative estimate of drug-likeness (QED) is 0.651. The van der Waals surface area contributed by atoms with Crippen LogP contribution in [0.2, 0.25) is 5.02 Å². The van der Waals surface area contributed by atoms with Gasteiger partial charge in [-0.3, -0.25) is 4.68 Å². The van der Waals surface area contributed by atoms with Crippen molar-refractivity contribution in [3.05, 3.63) is 40.3 Å². The van der Waals surface area contributed by atoms with Crippen LogP contribution in [0.25, 0.3) is 0 Å². The Morgan fingerprint density at radius 3 is 2.74 bits per heavy atom. The minimum absolute atomic E-state index is 0.553. The Morgan fingerprint density at radius 1 is 1.32 bits per heavy atom. The first-order valence-electron chi connectivity index (χ1n) is 6.35. The first-order valence-corrected chi connectivity index (χ1v) is 6.73. The summed E-state index contributed by atoms with van der Waals surface area (Å²) in [6.45, 7) is 4.76.